The van der Waals surface area contributed by atoms with Gasteiger partial charge in [0.25, 0.3) is 5.91 Å². The first-order chi connectivity index (χ1) is 17.3. The number of nitriles is 1. The summed E-state index contributed by atoms with van der Waals surface area (Å²) in [5.41, 5.74) is 1.87. The Morgan fingerprint density at radius 1 is 1.44 bits per heavy atom. The van der Waals surface area contributed by atoms with Gasteiger partial charge in [-0.05, 0) is 20.3 Å². The number of thiazole rings is 1. The van der Waals surface area contributed by atoms with Crippen molar-refractivity contribution in [1.29, 1.82) is 5.26 Å². The van der Waals surface area contributed by atoms with Crippen molar-refractivity contribution in [2.45, 2.75) is 32.4 Å². The van der Waals surface area contributed by atoms with Crippen LogP contribution in [0.1, 0.15) is 44.8 Å². The lowest BCUT2D eigenvalue weighted by Gasteiger charge is -2.37. The smallest absolute Gasteiger partial charge is 0.350 e. The third-order valence-corrected chi connectivity index (χ3v) is 7.49. The van der Waals surface area contributed by atoms with Crippen molar-refractivity contribution < 1.29 is 19.1 Å². The molecule has 2 atom stereocenters. The number of aromatic nitrogens is 4. The average molecular weight is 532 g/mol. The van der Waals surface area contributed by atoms with Gasteiger partial charge in [0.15, 0.2) is 5.13 Å². The van der Waals surface area contributed by atoms with Gasteiger partial charge in [0.05, 0.1) is 30.1 Å². The van der Waals surface area contributed by atoms with E-state index < -0.39 is 11.9 Å². The molecule has 0 radical (unpaired) electrons. The summed E-state index contributed by atoms with van der Waals surface area (Å²) in [6, 6.07) is 1.68. The van der Waals surface area contributed by atoms with E-state index in [1.165, 1.54) is 11.3 Å². The van der Waals surface area contributed by atoms with Crippen LogP contribution in [0.2, 0.25) is 5.02 Å². The summed E-state index contributed by atoms with van der Waals surface area (Å²) in [5, 5.41) is 13.2. The van der Waals surface area contributed by atoms with E-state index in [0.717, 1.165) is 0 Å². The van der Waals surface area contributed by atoms with E-state index in [-0.39, 0.29) is 35.0 Å². The van der Waals surface area contributed by atoms with Gasteiger partial charge in [-0.1, -0.05) is 22.9 Å². The molecule has 3 aromatic heterocycles. The molecule has 36 heavy (non-hydrogen) atoms. The summed E-state index contributed by atoms with van der Waals surface area (Å²) in [7, 11) is 3.42. The van der Waals surface area contributed by atoms with Gasteiger partial charge in [0.1, 0.15) is 33.6 Å². The van der Waals surface area contributed by atoms with Crippen molar-refractivity contribution in [3.63, 3.8) is 0 Å². The molecular weight excluding hydrogens is 506 g/mol. The molecule has 190 valence electrons. The Morgan fingerprint density at radius 3 is 2.86 bits per heavy atom. The van der Waals surface area contributed by atoms with Crippen LogP contribution in [0.15, 0.2) is 12.5 Å². The fourth-order valence-corrected chi connectivity index (χ4v) is 5.29. The quantitative estimate of drug-likeness (QED) is 0.444. The Kier molecular flexibility index (Phi) is 7.63. The number of anilines is 1. The highest BCUT2D eigenvalue weighted by atomic mass is 35.5. The second-order valence-corrected chi connectivity index (χ2v) is 9.69. The summed E-state index contributed by atoms with van der Waals surface area (Å²) in [4.78, 5) is 39.9. The molecule has 1 aliphatic rings. The molecule has 1 fully saturated rings. The standard InChI is InChI=1S/C23H26ClN7O4S/c1-5-35-22(33)20-19(15-9-30(3)11-26-15)29-23(36-20)31-7-6-14(16(10-31)34-4)28-21(32)18-13(8-25)17(24)12(2)27-18/h9,11,14,16,27H,5-7,10H2,1-4H3,(H,28,32)/t14-,16+/m1/s1. The number of ether oxygens (including phenoxy) is 2. The lowest BCUT2D eigenvalue weighted by molar-refractivity contribution is 0.0531. The Morgan fingerprint density at radius 2 is 2.22 bits per heavy atom. The number of imidazole rings is 1. The molecule has 1 saturated heterocycles. The van der Waals surface area contributed by atoms with Crippen molar-refractivity contribution in [2.24, 2.45) is 7.05 Å². The molecule has 4 heterocycles. The van der Waals surface area contributed by atoms with Gasteiger partial charge in [-0.25, -0.2) is 14.8 Å². The maximum absolute atomic E-state index is 12.9. The van der Waals surface area contributed by atoms with Crippen molar-refractivity contribution >= 4 is 39.9 Å². The average Bonchev–Trinajstić information content (AvgIpc) is 3.57. The minimum absolute atomic E-state index is 0.120. The number of hydrogen-bond donors (Lipinski definition) is 2. The molecule has 0 unspecified atom stereocenters. The Bertz CT molecular complexity index is 1320. The zero-order valence-corrected chi connectivity index (χ0v) is 21.9. The molecule has 0 bridgehead atoms. The molecule has 0 saturated carbocycles. The van der Waals surface area contributed by atoms with E-state index in [4.69, 9.17) is 26.1 Å². The highest BCUT2D eigenvalue weighted by Crippen LogP contribution is 2.34. The third kappa shape index (κ3) is 4.95. The van der Waals surface area contributed by atoms with Gasteiger partial charge >= 0.3 is 5.97 Å². The monoisotopic (exact) mass is 531 g/mol. The second-order valence-electron chi connectivity index (χ2n) is 8.33. The number of piperidine rings is 1. The Labute approximate surface area is 217 Å². The predicted molar refractivity (Wildman–Crippen MR) is 134 cm³/mol. The zero-order chi connectivity index (χ0) is 26.0. The lowest BCUT2D eigenvalue weighted by Crippen LogP contribution is -2.55. The van der Waals surface area contributed by atoms with E-state index in [2.05, 4.69) is 15.3 Å². The van der Waals surface area contributed by atoms with Crippen molar-refractivity contribution in [3.05, 3.63) is 39.4 Å². The SMILES string of the molecule is CCOC(=O)c1sc(N2CC[C@@H](NC(=O)c3[nH]c(C)c(Cl)c3C#N)[C@@H](OC)C2)nc1-c1cn(C)cn1. The summed E-state index contributed by atoms with van der Waals surface area (Å²) < 4.78 is 12.7. The van der Waals surface area contributed by atoms with Gasteiger partial charge in [0.2, 0.25) is 0 Å². The van der Waals surface area contributed by atoms with Crippen LogP contribution >= 0.6 is 22.9 Å². The first kappa shape index (κ1) is 25.7. The van der Waals surface area contributed by atoms with Gasteiger partial charge in [0, 0.05) is 39.1 Å². The molecule has 0 spiro atoms. The number of aryl methyl sites for hydroxylation is 2. The van der Waals surface area contributed by atoms with E-state index in [1.807, 2.05) is 18.0 Å². The normalized spacial score (nSPS) is 17.6. The lowest BCUT2D eigenvalue weighted by atomic mass is 10.0. The fraction of sp³-hybridized carbons (Fsp3) is 0.435. The number of nitrogens with zero attached hydrogens (tertiary/aromatic N) is 5. The fourth-order valence-electron chi connectivity index (χ4n) is 4.10. The summed E-state index contributed by atoms with van der Waals surface area (Å²) >= 11 is 7.38. The zero-order valence-electron chi connectivity index (χ0n) is 20.3. The predicted octanol–water partition coefficient (Wildman–Crippen LogP) is 2.91. The van der Waals surface area contributed by atoms with Crippen LogP contribution in [-0.2, 0) is 16.5 Å². The molecule has 1 aliphatic heterocycles. The molecular formula is C23H26ClN7O4S. The van der Waals surface area contributed by atoms with E-state index in [0.29, 0.717) is 46.6 Å². The summed E-state index contributed by atoms with van der Waals surface area (Å²) in [6.07, 6.45) is 3.65. The first-order valence-corrected chi connectivity index (χ1v) is 12.5. The third-order valence-electron chi connectivity index (χ3n) is 5.92. The number of carbonyl (C=O) groups is 2. The van der Waals surface area contributed by atoms with Crippen LogP contribution in [0, 0.1) is 18.3 Å². The van der Waals surface area contributed by atoms with E-state index in [1.54, 1.807) is 38.0 Å². The van der Waals surface area contributed by atoms with Gasteiger partial charge in [-0.2, -0.15) is 5.26 Å². The molecule has 11 nitrogen and oxygen atoms in total. The maximum Gasteiger partial charge on any atom is 0.350 e. The van der Waals surface area contributed by atoms with Crippen LogP contribution in [-0.4, -0.2) is 70.3 Å². The number of rotatable bonds is 7. The van der Waals surface area contributed by atoms with Crippen molar-refractivity contribution in [3.8, 4) is 17.5 Å². The number of H-pyrrole nitrogens is 1. The number of nitrogens with one attached hydrogen (secondary N) is 2. The van der Waals surface area contributed by atoms with Crippen LogP contribution in [0.5, 0.6) is 0 Å². The number of amides is 1. The molecule has 13 heteroatoms. The minimum Gasteiger partial charge on any atom is -0.462 e. The van der Waals surface area contributed by atoms with Gasteiger partial charge in [-0.15, -0.1) is 0 Å². The maximum atomic E-state index is 12.9. The molecule has 3 aromatic rings. The van der Waals surface area contributed by atoms with Crippen LogP contribution in [0.25, 0.3) is 11.4 Å². The minimum atomic E-state index is -0.444. The topological polar surface area (TPSA) is 138 Å². The largest absolute Gasteiger partial charge is 0.462 e. The van der Waals surface area contributed by atoms with Crippen LogP contribution in [0.3, 0.4) is 0 Å². The van der Waals surface area contributed by atoms with Crippen LogP contribution in [0.4, 0.5) is 5.13 Å². The van der Waals surface area contributed by atoms with Crippen LogP contribution < -0.4 is 10.2 Å². The number of methoxy groups -OCH3 is 1. The van der Waals surface area contributed by atoms with E-state index >= 15 is 0 Å². The number of esters is 1. The number of aromatic amines is 1. The molecule has 0 aromatic carbocycles. The molecule has 2 N–H and O–H groups in total. The Hall–Kier alpha value is -3.40. The Balaban J connectivity index is 1.54. The number of carbonyl (C=O) groups excluding carboxylic acids is 2. The summed E-state index contributed by atoms with van der Waals surface area (Å²) in [6.45, 7) is 4.72. The second kappa shape index (κ2) is 10.7. The molecule has 4 rings (SSSR count). The number of hydrogen-bond acceptors (Lipinski definition) is 9. The highest BCUT2D eigenvalue weighted by Gasteiger charge is 2.34. The summed E-state index contributed by atoms with van der Waals surface area (Å²) in [5.74, 6) is -0.862. The van der Waals surface area contributed by atoms with Gasteiger partial charge in [-0.3, -0.25) is 4.79 Å². The first-order valence-electron chi connectivity index (χ1n) is 11.3. The van der Waals surface area contributed by atoms with Crippen molar-refractivity contribution in [1.82, 2.24) is 24.8 Å². The van der Waals surface area contributed by atoms with Crippen molar-refractivity contribution in [2.75, 3.05) is 31.7 Å². The highest BCUT2D eigenvalue weighted by molar-refractivity contribution is 7.17. The number of halogens is 1. The molecule has 1 amide bonds. The van der Waals surface area contributed by atoms with Gasteiger partial charge < -0.3 is 29.2 Å². The molecule has 0 aliphatic carbocycles. The van der Waals surface area contributed by atoms with E-state index in [9.17, 15) is 14.9 Å².